The summed E-state index contributed by atoms with van der Waals surface area (Å²) in [7, 11) is 0. The van der Waals surface area contributed by atoms with Gasteiger partial charge in [0, 0.05) is 45.1 Å². The quantitative estimate of drug-likeness (QED) is 0.163. The third-order valence-electron chi connectivity index (χ3n) is 20.2. The molecular formula is C70H77BN2. The average molecular weight is 957 g/mol. The van der Waals surface area contributed by atoms with E-state index in [1.807, 2.05) is 0 Å². The van der Waals surface area contributed by atoms with E-state index in [4.69, 9.17) is 0 Å². The molecule has 0 bridgehead atoms. The molecule has 0 unspecified atom stereocenters. The predicted molar refractivity (Wildman–Crippen MR) is 314 cm³/mol. The molecule has 73 heavy (non-hydrogen) atoms. The molecule has 13 rings (SSSR count). The fourth-order valence-electron chi connectivity index (χ4n) is 15.9. The van der Waals surface area contributed by atoms with E-state index >= 15 is 0 Å². The Kier molecular flexibility index (Phi) is 9.48. The minimum absolute atomic E-state index is 0.0000691. The van der Waals surface area contributed by atoms with E-state index in [2.05, 4.69) is 236 Å². The number of hydrogen-bond donors (Lipinski definition) is 0. The van der Waals surface area contributed by atoms with Gasteiger partial charge in [0.15, 0.2) is 0 Å². The Hall–Kier alpha value is -5.80. The molecule has 370 valence electrons. The third kappa shape index (κ3) is 6.42. The summed E-state index contributed by atoms with van der Waals surface area (Å²) in [6.07, 6.45) is 5.85. The first-order valence-corrected chi connectivity index (χ1v) is 27.8. The Morgan fingerprint density at radius 3 is 1.41 bits per heavy atom. The topological polar surface area (TPSA) is 6.48 Å². The number of aryl methyl sites for hydroxylation is 2. The van der Waals surface area contributed by atoms with Crippen LogP contribution in [-0.4, -0.2) is 6.71 Å². The summed E-state index contributed by atoms with van der Waals surface area (Å²) >= 11 is 0. The molecule has 0 saturated heterocycles. The van der Waals surface area contributed by atoms with Crippen molar-refractivity contribution in [3.63, 3.8) is 0 Å². The zero-order valence-electron chi connectivity index (χ0n) is 47.0. The molecule has 6 aliphatic rings. The van der Waals surface area contributed by atoms with Gasteiger partial charge in [-0.2, -0.15) is 0 Å². The van der Waals surface area contributed by atoms with Gasteiger partial charge in [-0.3, -0.25) is 0 Å². The van der Waals surface area contributed by atoms with Crippen molar-refractivity contribution in [2.45, 2.75) is 181 Å². The summed E-state index contributed by atoms with van der Waals surface area (Å²) in [5.74, 6) is 0. The lowest BCUT2D eigenvalue weighted by atomic mass is 9.33. The summed E-state index contributed by atoms with van der Waals surface area (Å²) in [4.78, 5) is 5.57. The van der Waals surface area contributed by atoms with Gasteiger partial charge in [0.25, 0.3) is 6.71 Å². The fraction of sp³-hybridized carbons (Fsp3) is 0.400. The molecule has 2 nitrogen and oxygen atoms in total. The zero-order chi connectivity index (χ0) is 51.5. The molecule has 0 N–H and O–H groups in total. The van der Waals surface area contributed by atoms with Crippen LogP contribution in [0.2, 0.25) is 0 Å². The number of nitrogens with zero attached hydrogens (tertiary/aromatic N) is 2. The second-order valence-electron chi connectivity index (χ2n) is 28.3. The van der Waals surface area contributed by atoms with Gasteiger partial charge in [-0.15, -0.1) is 0 Å². The van der Waals surface area contributed by atoms with E-state index in [0.29, 0.717) is 0 Å². The highest BCUT2D eigenvalue weighted by atomic mass is 15.2. The number of benzene rings is 7. The van der Waals surface area contributed by atoms with Crippen LogP contribution in [0, 0.1) is 13.8 Å². The molecule has 0 saturated carbocycles. The molecule has 0 fully saturated rings. The molecule has 2 heterocycles. The van der Waals surface area contributed by atoms with E-state index in [9.17, 15) is 0 Å². The Balaban J connectivity index is 1.22. The average Bonchev–Trinajstić information content (AvgIpc) is 3.68. The molecule has 7 aromatic carbocycles. The lowest BCUT2D eigenvalue weighted by Gasteiger charge is -2.48. The summed E-state index contributed by atoms with van der Waals surface area (Å²) in [5, 5.41) is 0. The van der Waals surface area contributed by atoms with Gasteiger partial charge in [0.2, 0.25) is 0 Å². The van der Waals surface area contributed by atoms with Crippen molar-refractivity contribution < 1.29 is 0 Å². The van der Waals surface area contributed by atoms with Crippen LogP contribution in [0.5, 0.6) is 0 Å². The van der Waals surface area contributed by atoms with Gasteiger partial charge >= 0.3 is 0 Å². The summed E-state index contributed by atoms with van der Waals surface area (Å²) in [6.45, 7) is 39.6. The monoisotopic (exact) mass is 957 g/mol. The number of fused-ring (bicyclic) bond motifs is 11. The van der Waals surface area contributed by atoms with Gasteiger partial charge in [-0.05, 0) is 197 Å². The first-order valence-electron chi connectivity index (χ1n) is 27.8. The zero-order valence-corrected chi connectivity index (χ0v) is 47.0. The van der Waals surface area contributed by atoms with E-state index in [1.165, 1.54) is 154 Å². The highest BCUT2D eigenvalue weighted by molar-refractivity contribution is 7.00. The van der Waals surface area contributed by atoms with Crippen molar-refractivity contribution in [2.24, 2.45) is 0 Å². The number of anilines is 6. The van der Waals surface area contributed by atoms with Gasteiger partial charge in [-0.25, -0.2) is 0 Å². The first-order chi connectivity index (χ1) is 34.2. The summed E-state index contributed by atoms with van der Waals surface area (Å²) in [5.41, 5.74) is 32.1. The highest BCUT2D eigenvalue weighted by Crippen LogP contribution is 2.59. The van der Waals surface area contributed by atoms with Crippen molar-refractivity contribution in [1.82, 2.24) is 0 Å². The Bertz CT molecular complexity index is 3560. The highest BCUT2D eigenvalue weighted by Gasteiger charge is 2.51. The molecule has 0 aromatic heterocycles. The minimum atomic E-state index is -0.162. The maximum Gasteiger partial charge on any atom is 0.252 e. The largest absolute Gasteiger partial charge is 0.311 e. The molecule has 0 amide bonds. The second kappa shape index (κ2) is 14.7. The van der Waals surface area contributed by atoms with Crippen molar-refractivity contribution in [3.8, 4) is 22.3 Å². The van der Waals surface area contributed by atoms with Crippen LogP contribution >= 0.6 is 0 Å². The number of rotatable bonds is 3. The van der Waals surface area contributed by atoms with Gasteiger partial charge in [0.1, 0.15) is 0 Å². The molecular weight excluding hydrogens is 880 g/mol. The van der Waals surface area contributed by atoms with Crippen molar-refractivity contribution in [3.05, 3.63) is 171 Å². The van der Waals surface area contributed by atoms with E-state index < -0.39 is 0 Å². The van der Waals surface area contributed by atoms with E-state index in [-0.39, 0.29) is 44.6 Å². The van der Waals surface area contributed by atoms with Crippen LogP contribution in [0.1, 0.15) is 185 Å². The lowest BCUT2D eigenvalue weighted by molar-refractivity contribution is 0.332. The Morgan fingerprint density at radius 1 is 0.370 bits per heavy atom. The normalized spacial score (nSPS) is 20.7. The molecule has 4 aliphatic carbocycles. The third-order valence-corrected chi connectivity index (χ3v) is 20.2. The Morgan fingerprint density at radius 2 is 0.836 bits per heavy atom. The van der Waals surface area contributed by atoms with E-state index in [1.54, 1.807) is 0 Å². The maximum absolute atomic E-state index is 2.80. The predicted octanol–water partition coefficient (Wildman–Crippen LogP) is 17.0. The van der Waals surface area contributed by atoms with Crippen LogP contribution < -0.4 is 26.2 Å². The molecule has 0 spiro atoms. The first kappa shape index (κ1) is 47.0. The van der Waals surface area contributed by atoms with Crippen LogP contribution in [0.15, 0.2) is 115 Å². The summed E-state index contributed by atoms with van der Waals surface area (Å²) < 4.78 is 0. The second-order valence-corrected chi connectivity index (χ2v) is 28.3. The maximum atomic E-state index is 2.80. The summed E-state index contributed by atoms with van der Waals surface area (Å²) in [6, 6.07) is 46.8. The molecule has 0 radical (unpaired) electrons. The van der Waals surface area contributed by atoms with Gasteiger partial charge < -0.3 is 9.80 Å². The minimum Gasteiger partial charge on any atom is -0.311 e. The molecule has 7 aromatic rings. The lowest BCUT2D eigenvalue weighted by Crippen LogP contribution is -2.62. The van der Waals surface area contributed by atoms with Crippen molar-refractivity contribution >= 4 is 57.2 Å². The van der Waals surface area contributed by atoms with Gasteiger partial charge in [0.05, 0.1) is 0 Å². The van der Waals surface area contributed by atoms with Crippen molar-refractivity contribution in [1.29, 1.82) is 0 Å². The SMILES string of the molecule is Cc1cc2c(cc1N1c3cc4c(cc3B3c5ccc6c(c5N(c5cc7c(cc5C)C(C)(C)CCC7(C)C)c5cc(-c7ccccc7)cc1c53)-c1ccccc1C6(C)C)C(C)(C)CC4(C)C)C(C)(C)CCC2(C)C. The van der Waals surface area contributed by atoms with E-state index in [0.717, 1.165) is 6.42 Å². The van der Waals surface area contributed by atoms with Crippen LogP contribution in [0.4, 0.5) is 34.1 Å². The van der Waals surface area contributed by atoms with Crippen molar-refractivity contribution in [2.75, 3.05) is 9.80 Å². The van der Waals surface area contributed by atoms with Gasteiger partial charge in [-0.1, -0.05) is 182 Å². The molecule has 3 heteroatoms. The molecule has 0 atom stereocenters. The van der Waals surface area contributed by atoms with Crippen LogP contribution in [0.25, 0.3) is 22.3 Å². The standard InChI is InChI=1S/C70H77BN2/c1-41-32-48-51(66(7,8)30-28-64(48,3)4)37-56(41)72-58-39-53-50(68(11,12)40-69(53,13)14)36-55(58)71-54-27-26-47-61(45-24-20-21-25-46(45)70(47,15)16)63(54)73(60-35-44(34-59(72)62(60)71)43-22-18-17-19-23-43)57-38-52-49(33-42(57)2)65(5,6)29-31-67(52,9)10/h17-27,32-39H,28-31,40H2,1-16H3. The Labute approximate surface area is 438 Å². The fourth-order valence-corrected chi connectivity index (χ4v) is 15.9. The number of hydrogen-bond acceptors (Lipinski definition) is 2. The van der Waals surface area contributed by atoms with Crippen LogP contribution in [0.3, 0.4) is 0 Å². The smallest absolute Gasteiger partial charge is 0.252 e. The molecule has 2 aliphatic heterocycles. The van der Waals surface area contributed by atoms with Crippen LogP contribution in [-0.2, 0) is 37.9 Å².